The van der Waals surface area contributed by atoms with Crippen molar-refractivity contribution in [2.75, 3.05) is 20.1 Å². The highest BCUT2D eigenvalue weighted by Gasteiger charge is 2.47. The molecule has 3 heterocycles. The lowest BCUT2D eigenvalue weighted by molar-refractivity contribution is -0.0910. The number of amides is 1. The molecule has 1 fully saturated rings. The van der Waals surface area contributed by atoms with Gasteiger partial charge in [-0.05, 0) is 5.92 Å². The van der Waals surface area contributed by atoms with Crippen LogP contribution in [0, 0.1) is 5.92 Å². The molecule has 1 aliphatic rings. The van der Waals surface area contributed by atoms with E-state index in [0.29, 0.717) is 17.5 Å². The average Bonchev–Trinajstić information content (AvgIpc) is 3.20. The maximum Gasteiger partial charge on any atom is 0.417 e. The van der Waals surface area contributed by atoms with Crippen LogP contribution < -0.4 is 5.32 Å². The van der Waals surface area contributed by atoms with Crippen molar-refractivity contribution in [3.8, 4) is 11.3 Å². The number of likely N-dealkylation sites (tertiary alicyclic amines) is 1. The predicted octanol–water partition coefficient (Wildman–Crippen LogP) is 3.13. The summed E-state index contributed by atoms with van der Waals surface area (Å²) in [6, 6.07) is -0.758. The van der Waals surface area contributed by atoms with Crippen LogP contribution in [-0.2, 0) is 7.05 Å². The van der Waals surface area contributed by atoms with E-state index in [1.54, 1.807) is 20.2 Å². The Hall–Kier alpha value is -3.71. The van der Waals surface area contributed by atoms with Crippen LogP contribution in [-0.4, -0.2) is 81.0 Å². The van der Waals surface area contributed by atoms with E-state index in [-0.39, 0.29) is 18.2 Å². The van der Waals surface area contributed by atoms with Crippen LogP contribution >= 0.6 is 0 Å². The number of halogens is 5. The van der Waals surface area contributed by atoms with Crippen LogP contribution in [0.1, 0.15) is 23.8 Å². The number of allylic oxidation sites excluding steroid dienone is 1. The minimum Gasteiger partial charge on any atom is -0.352 e. The number of aliphatic imine (C=N–C) groups is 2. The fraction of sp³-hybridized carbons (Fsp3) is 0.455. The van der Waals surface area contributed by atoms with E-state index in [2.05, 4.69) is 36.9 Å². The Kier molecular flexibility index (Phi) is 7.84. The number of rotatable bonds is 5. The normalized spacial score (nSPS) is 20.6. The topological polar surface area (TPSA) is 101 Å². The lowest BCUT2D eigenvalue weighted by Gasteiger charge is -2.43. The summed E-state index contributed by atoms with van der Waals surface area (Å²) in [5.41, 5.74) is -0.577. The van der Waals surface area contributed by atoms with Crippen molar-refractivity contribution in [2.24, 2.45) is 23.0 Å². The highest BCUT2D eigenvalue weighted by Crippen LogP contribution is 2.35. The van der Waals surface area contributed by atoms with Gasteiger partial charge in [0.2, 0.25) is 5.96 Å². The molecule has 2 atom stereocenters. The monoisotopic (exact) mass is 512 g/mol. The Labute approximate surface area is 203 Å². The molecule has 0 bridgehead atoms. The van der Waals surface area contributed by atoms with E-state index in [1.807, 2.05) is 0 Å². The maximum atomic E-state index is 14.5. The molecule has 0 unspecified atom stereocenters. The van der Waals surface area contributed by atoms with Gasteiger partial charge in [0.1, 0.15) is 0 Å². The molecule has 2 aromatic rings. The second-order valence-electron chi connectivity index (χ2n) is 8.40. The number of carbonyl (C=O) groups excluding carboxylic acids is 1. The van der Waals surface area contributed by atoms with Gasteiger partial charge in [0.15, 0.2) is 5.69 Å². The standard InChI is InChI=1S/C22H25F5N8O/c1-13-7-21(23,24)12-35(17(13)10-32-20(28-3)31-8-14(2)22(25,26)27)19(36)18-15(11-34(4)33-18)16-9-29-5-6-30-16/h5-6,8-9,11,13,17H,2,7,10,12H2,1,3-4H3,(H,28,32)/b31-8-/t13-,17-/m1/s1. The van der Waals surface area contributed by atoms with Crippen molar-refractivity contribution in [3.05, 3.63) is 42.6 Å². The fourth-order valence-electron chi connectivity index (χ4n) is 3.88. The molecule has 0 saturated carbocycles. The van der Waals surface area contributed by atoms with Gasteiger partial charge in [0, 0.05) is 51.9 Å². The van der Waals surface area contributed by atoms with E-state index in [1.165, 1.54) is 30.3 Å². The number of nitrogens with one attached hydrogen (secondary N) is 1. The Morgan fingerprint density at radius 1 is 1.36 bits per heavy atom. The first-order valence-corrected chi connectivity index (χ1v) is 10.8. The smallest absolute Gasteiger partial charge is 0.352 e. The summed E-state index contributed by atoms with van der Waals surface area (Å²) in [4.78, 5) is 30.1. The molecule has 0 radical (unpaired) electrons. The third kappa shape index (κ3) is 6.29. The first-order valence-electron chi connectivity index (χ1n) is 10.8. The summed E-state index contributed by atoms with van der Waals surface area (Å²) in [5, 5.41) is 6.93. The molecule has 1 N–H and O–H groups in total. The quantitative estimate of drug-likeness (QED) is 0.377. The van der Waals surface area contributed by atoms with Gasteiger partial charge in [0.05, 0.1) is 35.6 Å². The zero-order valence-electron chi connectivity index (χ0n) is 19.8. The molecular formula is C22H25F5N8O. The number of hydrogen-bond donors (Lipinski definition) is 1. The lowest BCUT2D eigenvalue weighted by Crippen LogP contribution is -2.58. The summed E-state index contributed by atoms with van der Waals surface area (Å²) >= 11 is 0. The van der Waals surface area contributed by atoms with Crippen molar-refractivity contribution in [1.29, 1.82) is 0 Å². The molecule has 1 aliphatic heterocycles. The minimum absolute atomic E-state index is 0.0724. The van der Waals surface area contributed by atoms with Crippen molar-refractivity contribution in [1.82, 2.24) is 30.0 Å². The first kappa shape index (κ1) is 26.9. The number of hydrogen-bond acceptors (Lipinski definition) is 5. The van der Waals surface area contributed by atoms with E-state index in [0.717, 1.165) is 4.90 Å². The van der Waals surface area contributed by atoms with Gasteiger partial charge in [-0.25, -0.2) is 13.8 Å². The average molecular weight is 512 g/mol. The molecule has 2 aromatic heterocycles. The largest absolute Gasteiger partial charge is 0.417 e. The molecular weight excluding hydrogens is 487 g/mol. The number of piperidine rings is 1. The Bertz CT molecular complexity index is 1160. The van der Waals surface area contributed by atoms with Crippen LogP contribution in [0.5, 0.6) is 0 Å². The molecule has 0 spiro atoms. The fourth-order valence-corrected chi connectivity index (χ4v) is 3.88. The molecule has 9 nitrogen and oxygen atoms in total. The number of aromatic nitrogens is 4. The van der Waals surface area contributed by atoms with Crippen LogP contribution in [0.15, 0.2) is 46.9 Å². The Morgan fingerprint density at radius 3 is 2.69 bits per heavy atom. The van der Waals surface area contributed by atoms with Gasteiger partial charge in [-0.3, -0.25) is 24.4 Å². The lowest BCUT2D eigenvalue weighted by atomic mass is 9.88. The Morgan fingerprint density at radius 2 is 2.08 bits per heavy atom. The van der Waals surface area contributed by atoms with E-state index in [9.17, 15) is 26.7 Å². The molecule has 1 amide bonds. The van der Waals surface area contributed by atoms with Crippen LogP contribution in [0.4, 0.5) is 22.0 Å². The predicted molar refractivity (Wildman–Crippen MR) is 123 cm³/mol. The molecule has 0 aliphatic carbocycles. The number of aryl methyl sites for hydroxylation is 1. The summed E-state index contributed by atoms with van der Waals surface area (Å²) in [6.07, 6.45) is 1.23. The zero-order valence-corrected chi connectivity index (χ0v) is 19.8. The number of nitrogens with zero attached hydrogens (tertiary/aromatic N) is 7. The summed E-state index contributed by atoms with van der Waals surface area (Å²) in [5.74, 6) is -4.72. The Balaban J connectivity index is 1.87. The SMILES string of the molecule is C=C(/C=N\C(=N/C)NC[C@@H]1[C@H](C)CC(F)(F)CN1C(=O)c1nn(C)cc1-c1cnccn1)C(F)(F)F. The van der Waals surface area contributed by atoms with Gasteiger partial charge in [-0.2, -0.15) is 18.3 Å². The molecule has 194 valence electrons. The maximum absolute atomic E-state index is 14.5. The number of alkyl halides is 5. The van der Waals surface area contributed by atoms with Crippen molar-refractivity contribution in [3.63, 3.8) is 0 Å². The summed E-state index contributed by atoms with van der Waals surface area (Å²) in [6.45, 7) is 3.53. The molecule has 3 rings (SSSR count). The van der Waals surface area contributed by atoms with Gasteiger partial charge < -0.3 is 10.2 Å². The zero-order chi connectivity index (χ0) is 26.7. The van der Waals surface area contributed by atoms with Gasteiger partial charge >= 0.3 is 6.18 Å². The second-order valence-corrected chi connectivity index (χ2v) is 8.40. The van der Waals surface area contributed by atoms with E-state index >= 15 is 0 Å². The minimum atomic E-state index is -4.65. The second kappa shape index (κ2) is 10.5. The van der Waals surface area contributed by atoms with Crippen molar-refractivity contribution in [2.45, 2.75) is 31.5 Å². The van der Waals surface area contributed by atoms with Crippen LogP contribution in [0.25, 0.3) is 11.3 Å². The van der Waals surface area contributed by atoms with Gasteiger partial charge in [-0.1, -0.05) is 13.5 Å². The van der Waals surface area contributed by atoms with Gasteiger partial charge in [0.25, 0.3) is 11.8 Å². The number of guanidine groups is 1. The van der Waals surface area contributed by atoms with E-state index < -0.39 is 48.5 Å². The summed E-state index contributed by atoms with van der Waals surface area (Å²) < 4.78 is 68.5. The highest BCUT2D eigenvalue weighted by molar-refractivity contribution is 5.99. The molecule has 14 heteroatoms. The van der Waals surface area contributed by atoms with Crippen molar-refractivity contribution >= 4 is 18.1 Å². The molecule has 1 saturated heterocycles. The highest BCUT2D eigenvalue weighted by atomic mass is 19.4. The third-order valence-corrected chi connectivity index (χ3v) is 5.60. The van der Waals surface area contributed by atoms with Gasteiger partial charge in [-0.15, -0.1) is 0 Å². The molecule has 0 aromatic carbocycles. The number of carbonyl (C=O) groups is 1. The van der Waals surface area contributed by atoms with Crippen molar-refractivity contribution < 1.29 is 26.7 Å². The van der Waals surface area contributed by atoms with Crippen LogP contribution in [0.2, 0.25) is 0 Å². The summed E-state index contributed by atoms with van der Waals surface area (Å²) in [7, 11) is 2.89. The van der Waals surface area contributed by atoms with E-state index in [4.69, 9.17) is 0 Å². The third-order valence-electron chi connectivity index (χ3n) is 5.60. The van der Waals surface area contributed by atoms with Crippen LogP contribution in [0.3, 0.4) is 0 Å². The first-order chi connectivity index (χ1) is 16.8. The molecule has 36 heavy (non-hydrogen) atoms.